The van der Waals surface area contributed by atoms with Gasteiger partial charge in [-0.3, -0.25) is 4.98 Å². The molecule has 2 atom stereocenters. The van der Waals surface area contributed by atoms with Crippen LogP contribution in [0, 0.1) is 5.92 Å². The summed E-state index contributed by atoms with van der Waals surface area (Å²) in [4.78, 5) is 8.40. The van der Waals surface area contributed by atoms with Crippen LogP contribution in [0.1, 0.15) is 32.2 Å². The van der Waals surface area contributed by atoms with E-state index in [2.05, 4.69) is 29.0 Å². The number of nitrogens with zero attached hydrogens (tertiary/aromatic N) is 3. The highest BCUT2D eigenvalue weighted by atomic mass is 35.5. The molecule has 96 valence electrons. The molecule has 0 unspecified atom stereocenters. The molecule has 0 fully saturated rings. The first-order chi connectivity index (χ1) is 8.61. The summed E-state index contributed by atoms with van der Waals surface area (Å²) in [6, 6.07) is 3.23. The van der Waals surface area contributed by atoms with Gasteiger partial charge in [0.25, 0.3) is 0 Å². The predicted octanol–water partition coefficient (Wildman–Crippen LogP) is 2.83. The summed E-state index contributed by atoms with van der Waals surface area (Å²) in [7, 11) is 0. The van der Waals surface area contributed by atoms with Crippen molar-refractivity contribution < 1.29 is 4.52 Å². The zero-order valence-electron chi connectivity index (χ0n) is 10.3. The molecule has 0 bridgehead atoms. The maximum atomic E-state index is 6.03. The average molecular weight is 267 g/mol. The maximum absolute atomic E-state index is 6.03. The van der Waals surface area contributed by atoms with Crippen molar-refractivity contribution in [2.75, 3.05) is 0 Å². The van der Waals surface area contributed by atoms with Crippen molar-refractivity contribution in [1.82, 2.24) is 15.1 Å². The predicted molar refractivity (Wildman–Crippen MR) is 68.9 cm³/mol. The van der Waals surface area contributed by atoms with E-state index in [9.17, 15) is 0 Å². The summed E-state index contributed by atoms with van der Waals surface area (Å²) in [5.74, 6) is 1.16. The van der Waals surface area contributed by atoms with Crippen LogP contribution < -0.4 is 5.73 Å². The van der Waals surface area contributed by atoms with Gasteiger partial charge in [0.05, 0.1) is 11.1 Å². The number of halogens is 1. The van der Waals surface area contributed by atoms with Gasteiger partial charge in [-0.15, -0.1) is 0 Å². The lowest BCUT2D eigenvalue weighted by Crippen LogP contribution is -2.18. The third-order valence-corrected chi connectivity index (χ3v) is 3.16. The van der Waals surface area contributed by atoms with Crippen molar-refractivity contribution in [2.24, 2.45) is 11.7 Å². The Morgan fingerprint density at radius 1 is 1.44 bits per heavy atom. The molecule has 18 heavy (non-hydrogen) atoms. The van der Waals surface area contributed by atoms with Gasteiger partial charge in [0.2, 0.25) is 11.7 Å². The van der Waals surface area contributed by atoms with Gasteiger partial charge in [-0.2, -0.15) is 4.98 Å². The average Bonchev–Trinajstić information content (AvgIpc) is 2.87. The molecule has 0 radical (unpaired) electrons. The number of hydrogen-bond donors (Lipinski definition) is 1. The molecule has 0 spiro atoms. The Bertz CT molecular complexity index is 511. The highest BCUT2D eigenvalue weighted by molar-refractivity contribution is 6.30. The van der Waals surface area contributed by atoms with E-state index >= 15 is 0 Å². The first kappa shape index (κ1) is 13.0. The molecule has 0 aromatic carbocycles. The van der Waals surface area contributed by atoms with E-state index in [0.29, 0.717) is 22.4 Å². The van der Waals surface area contributed by atoms with Crippen LogP contribution in [0.4, 0.5) is 0 Å². The molecule has 5 nitrogen and oxygen atoms in total. The molecule has 2 N–H and O–H groups in total. The molecule has 0 amide bonds. The van der Waals surface area contributed by atoms with Gasteiger partial charge in [-0.1, -0.05) is 37.0 Å². The summed E-state index contributed by atoms with van der Waals surface area (Å²) in [6.07, 6.45) is 2.50. The number of aromatic nitrogens is 3. The van der Waals surface area contributed by atoms with E-state index in [-0.39, 0.29) is 12.0 Å². The SMILES string of the molecule is CC[C@H](C)[C@H](N)c1nc(-c2ccc(Cl)cn2)no1. The topological polar surface area (TPSA) is 77.8 Å². The molecule has 2 rings (SSSR count). The van der Waals surface area contributed by atoms with Crippen molar-refractivity contribution >= 4 is 11.6 Å². The normalized spacial score (nSPS) is 14.4. The highest BCUT2D eigenvalue weighted by Crippen LogP contribution is 2.22. The zero-order chi connectivity index (χ0) is 13.1. The summed E-state index contributed by atoms with van der Waals surface area (Å²) < 4.78 is 5.17. The Labute approximate surface area is 110 Å². The molecule has 0 saturated heterocycles. The van der Waals surface area contributed by atoms with Crippen LogP contribution in [0.25, 0.3) is 11.5 Å². The molecular formula is C12H15ClN4O. The van der Waals surface area contributed by atoms with Gasteiger partial charge in [0, 0.05) is 6.20 Å². The van der Waals surface area contributed by atoms with Crippen LogP contribution in [0.2, 0.25) is 5.02 Å². The second kappa shape index (κ2) is 5.46. The minimum Gasteiger partial charge on any atom is -0.337 e. The van der Waals surface area contributed by atoms with Gasteiger partial charge in [-0.05, 0) is 18.1 Å². The van der Waals surface area contributed by atoms with E-state index in [0.717, 1.165) is 6.42 Å². The molecule has 0 aliphatic rings. The van der Waals surface area contributed by atoms with Gasteiger partial charge in [0.15, 0.2) is 0 Å². The van der Waals surface area contributed by atoms with Gasteiger partial charge in [0.1, 0.15) is 5.69 Å². The lowest BCUT2D eigenvalue weighted by Gasteiger charge is -2.12. The first-order valence-corrected chi connectivity index (χ1v) is 6.20. The quantitative estimate of drug-likeness (QED) is 0.921. The van der Waals surface area contributed by atoms with Crippen LogP contribution in [-0.2, 0) is 0 Å². The number of hydrogen-bond acceptors (Lipinski definition) is 5. The second-order valence-corrected chi connectivity index (χ2v) is 4.67. The zero-order valence-corrected chi connectivity index (χ0v) is 11.1. The number of nitrogens with two attached hydrogens (primary N) is 1. The van der Waals surface area contributed by atoms with E-state index in [1.165, 1.54) is 0 Å². The van der Waals surface area contributed by atoms with Crippen LogP contribution in [-0.4, -0.2) is 15.1 Å². The minimum absolute atomic E-state index is 0.247. The van der Waals surface area contributed by atoms with Crippen molar-refractivity contribution in [2.45, 2.75) is 26.3 Å². The molecule has 0 aliphatic heterocycles. The molecule has 2 heterocycles. The van der Waals surface area contributed by atoms with Crippen LogP contribution in [0.3, 0.4) is 0 Å². The van der Waals surface area contributed by atoms with E-state index in [1.807, 2.05) is 0 Å². The summed E-state index contributed by atoms with van der Waals surface area (Å²) in [6.45, 7) is 4.12. The Morgan fingerprint density at radius 3 is 2.83 bits per heavy atom. The smallest absolute Gasteiger partial charge is 0.244 e. The van der Waals surface area contributed by atoms with Gasteiger partial charge in [-0.25, -0.2) is 0 Å². The number of rotatable bonds is 4. The van der Waals surface area contributed by atoms with Crippen molar-refractivity contribution in [3.05, 3.63) is 29.2 Å². The standard InChI is InChI=1S/C12H15ClN4O/c1-3-7(2)10(14)12-16-11(17-18-12)9-5-4-8(13)6-15-9/h4-7,10H,3,14H2,1-2H3/t7-,10-/m0/s1. The molecule has 2 aromatic rings. The van der Waals surface area contributed by atoms with Crippen LogP contribution in [0.5, 0.6) is 0 Å². The fourth-order valence-electron chi connectivity index (χ4n) is 1.48. The van der Waals surface area contributed by atoms with Crippen LogP contribution >= 0.6 is 11.6 Å². The second-order valence-electron chi connectivity index (χ2n) is 4.23. The minimum atomic E-state index is -0.247. The van der Waals surface area contributed by atoms with Crippen molar-refractivity contribution in [3.8, 4) is 11.5 Å². The van der Waals surface area contributed by atoms with Crippen LogP contribution in [0.15, 0.2) is 22.9 Å². The van der Waals surface area contributed by atoms with Gasteiger partial charge < -0.3 is 10.3 Å². The third-order valence-electron chi connectivity index (χ3n) is 2.94. The lowest BCUT2D eigenvalue weighted by molar-refractivity contribution is 0.312. The highest BCUT2D eigenvalue weighted by Gasteiger charge is 2.20. The van der Waals surface area contributed by atoms with Crippen molar-refractivity contribution in [1.29, 1.82) is 0 Å². The molecule has 0 aliphatic carbocycles. The largest absolute Gasteiger partial charge is 0.337 e. The molecule has 0 saturated carbocycles. The van der Waals surface area contributed by atoms with E-state index in [1.54, 1.807) is 18.3 Å². The lowest BCUT2D eigenvalue weighted by atomic mass is 10.0. The summed E-state index contributed by atoms with van der Waals surface area (Å²) in [5, 5.41) is 4.45. The third kappa shape index (κ3) is 2.68. The Balaban J connectivity index is 2.22. The number of pyridine rings is 1. The Morgan fingerprint density at radius 2 is 2.22 bits per heavy atom. The monoisotopic (exact) mass is 266 g/mol. The Hall–Kier alpha value is -1.46. The molecule has 6 heteroatoms. The van der Waals surface area contributed by atoms with E-state index in [4.69, 9.17) is 21.9 Å². The maximum Gasteiger partial charge on any atom is 0.244 e. The fourth-order valence-corrected chi connectivity index (χ4v) is 1.59. The Kier molecular flexibility index (Phi) is 3.93. The van der Waals surface area contributed by atoms with Gasteiger partial charge >= 0.3 is 0 Å². The summed E-state index contributed by atoms with van der Waals surface area (Å²) >= 11 is 5.77. The fraction of sp³-hybridized carbons (Fsp3) is 0.417. The van der Waals surface area contributed by atoms with E-state index < -0.39 is 0 Å². The molecule has 2 aromatic heterocycles. The summed E-state index contributed by atoms with van der Waals surface area (Å²) in [5.41, 5.74) is 6.64. The van der Waals surface area contributed by atoms with Crippen molar-refractivity contribution in [3.63, 3.8) is 0 Å². The first-order valence-electron chi connectivity index (χ1n) is 5.83. The molecular weight excluding hydrogens is 252 g/mol.